The van der Waals surface area contributed by atoms with Crippen molar-refractivity contribution in [3.63, 3.8) is 0 Å². The number of hydrogen-bond donors (Lipinski definition) is 1. The molecule has 1 amide bonds. The van der Waals surface area contributed by atoms with E-state index in [2.05, 4.69) is 0 Å². The Morgan fingerprint density at radius 1 is 1.35 bits per heavy atom. The Labute approximate surface area is 133 Å². The lowest BCUT2D eigenvalue weighted by molar-refractivity contribution is -0.384. The van der Waals surface area contributed by atoms with E-state index in [1.807, 2.05) is 6.92 Å². The zero-order valence-electron chi connectivity index (χ0n) is 13.0. The number of nitrogens with zero attached hydrogens (tertiary/aromatic N) is 2. The maximum atomic E-state index is 12.2. The lowest BCUT2D eigenvalue weighted by Gasteiger charge is -2.26. The smallest absolute Gasteiger partial charge is 0.290 e. The molecule has 2 rings (SSSR count). The van der Waals surface area contributed by atoms with E-state index >= 15 is 0 Å². The summed E-state index contributed by atoms with van der Waals surface area (Å²) in [5, 5.41) is 20.8. The van der Waals surface area contributed by atoms with Gasteiger partial charge in [0.25, 0.3) is 11.6 Å². The summed E-state index contributed by atoms with van der Waals surface area (Å²) in [6.45, 7) is 3.67. The Hall–Kier alpha value is -2.70. The number of benzene rings is 1. The maximum absolute atomic E-state index is 12.2. The van der Waals surface area contributed by atoms with Crippen LogP contribution in [0.3, 0.4) is 0 Å². The average molecular weight is 318 g/mol. The zero-order valence-corrected chi connectivity index (χ0v) is 13.0. The number of hydrogen-bond acceptors (Lipinski definition) is 5. The number of nitro groups is 1. The predicted molar refractivity (Wildman–Crippen MR) is 82.8 cm³/mol. The summed E-state index contributed by atoms with van der Waals surface area (Å²) in [5.74, 6) is -1.50. The van der Waals surface area contributed by atoms with Gasteiger partial charge in [-0.3, -0.25) is 19.7 Å². The van der Waals surface area contributed by atoms with Crippen LogP contribution in [0.2, 0.25) is 0 Å². The van der Waals surface area contributed by atoms with Crippen molar-refractivity contribution in [3.05, 3.63) is 51.3 Å². The Kier molecular flexibility index (Phi) is 4.78. The van der Waals surface area contributed by atoms with Crippen molar-refractivity contribution in [2.75, 3.05) is 6.54 Å². The molecule has 0 spiro atoms. The molecule has 7 heteroatoms. The molecule has 23 heavy (non-hydrogen) atoms. The Balaban J connectivity index is 2.45. The van der Waals surface area contributed by atoms with Gasteiger partial charge in [-0.2, -0.15) is 0 Å². The van der Waals surface area contributed by atoms with Crippen molar-refractivity contribution in [1.29, 1.82) is 0 Å². The van der Waals surface area contributed by atoms with Gasteiger partial charge in [0, 0.05) is 18.7 Å². The minimum atomic E-state index is -0.702. The fraction of sp³-hybridized carbons (Fsp3) is 0.375. The lowest BCUT2D eigenvalue weighted by atomic mass is 9.96. The van der Waals surface area contributed by atoms with E-state index in [1.54, 1.807) is 0 Å². The summed E-state index contributed by atoms with van der Waals surface area (Å²) < 4.78 is 0. The molecule has 0 radical (unpaired) electrons. The summed E-state index contributed by atoms with van der Waals surface area (Å²) in [6.07, 6.45) is 1.58. The predicted octanol–water partition coefficient (Wildman–Crippen LogP) is 2.68. The van der Waals surface area contributed by atoms with Gasteiger partial charge in [-0.25, -0.2) is 0 Å². The summed E-state index contributed by atoms with van der Waals surface area (Å²) >= 11 is 0. The van der Waals surface area contributed by atoms with Gasteiger partial charge in [-0.1, -0.05) is 13.3 Å². The van der Waals surface area contributed by atoms with E-state index in [1.165, 1.54) is 36.1 Å². The second-order valence-corrected chi connectivity index (χ2v) is 5.42. The number of rotatable bonds is 6. The molecule has 1 N–H and O–H groups in total. The normalized spacial score (nSPS) is 17.7. The van der Waals surface area contributed by atoms with Gasteiger partial charge in [0.05, 0.1) is 16.5 Å². The third kappa shape index (κ3) is 3.08. The highest BCUT2D eigenvalue weighted by Crippen LogP contribution is 2.38. The average Bonchev–Trinajstić information content (AvgIpc) is 2.77. The summed E-state index contributed by atoms with van der Waals surface area (Å²) in [4.78, 5) is 35.8. The van der Waals surface area contributed by atoms with E-state index in [-0.39, 0.29) is 11.3 Å². The highest BCUT2D eigenvalue weighted by Gasteiger charge is 2.41. The number of carbonyl (C=O) groups excluding carboxylic acids is 2. The summed E-state index contributed by atoms with van der Waals surface area (Å²) in [6, 6.07) is 4.97. The van der Waals surface area contributed by atoms with Gasteiger partial charge in [0.1, 0.15) is 0 Å². The molecule has 0 unspecified atom stereocenters. The minimum absolute atomic E-state index is 0.0416. The first-order valence-corrected chi connectivity index (χ1v) is 7.37. The number of non-ortho nitro benzene ring substituents is 1. The van der Waals surface area contributed by atoms with Crippen LogP contribution in [0, 0.1) is 10.1 Å². The van der Waals surface area contributed by atoms with Gasteiger partial charge in [-0.05, 0) is 31.0 Å². The highest BCUT2D eigenvalue weighted by atomic mass is 16.6. The third-order valence-corrected chi connectivity index (χ3v) is 3.86. The number of aliphatic hydroxyl groups excluding tert-OH is 1. The van der Waals surface area contributed by atoms with Gasteiger partial charge < -0.3 is 10.0 Å². The van der Waals surface area contributed by atoms with Crippen LogP contribution in [0.5, 0.6) is 0 Å². The van der Waals surface area contributed by atoms with Gasteiger partial charge in [0.15, 0.2) is 11.5 Å². The lowest BCUT2D eigenvalue weighted by Crippen LogP contribution is -2.31. The molecule has 1 aliphatic heterocycles. The minimum Gasteiger partial charge on any atom is -0.503 e. The van der Waals surface area contributed by atoms with Gasteiger partial charge in [-0.15, -0.1) is 0 Å². The summed E-state index contributed by atoms with van der Waals surface area (Å²) in [7, 11) is 0. The fourth-order valence-electron chi connectivity index (χ4n) is 2.70. The molecule has 0 bridgehead atoms. The molecule has 1 heterocycles. The Morgan fingerprint density at radius 3 is 2.43 bits per heavy atom. The van der Waals surface area contributed by atoms with Crippen LogP contribution in [0.4, 0.5) is 5.69 Å². The van der Waals surface area contributed by atoms with Crippen molar-refractivity contribution < 1.29 is 19.6 Å². The SMILES string of the molecule is CCCCN1C(=O)C(O)=C(C(C)=O)[C@H]1c1ccc([N+](=O)[O-])cc1. The van der Waals surface area contributed by atoms with Crippen LogP contribution in [-0.2, 0) is 9.59 Å². The molecule has 1 aromatic carbocycles. The second kappa shape index (κ2) is 6.60. The standard InChI is InChI=1S/C16H18N2O5/c1-3-4-9-17-14(13(10(2)19)15(20)16(17)21)11-5-7-12(8-6-11)18(22)23/h5-8,14,20H,3-4,9H2,1-2H3/t14-/m1/s1. The third-order valence-electron chi connectivity index (χ3n) is 3.86. The number of ketones is 1. The molecule has 1 aromatic rings. The van der Waals surface area contributed by atoms with Gasteiger partial charge >= 0.3 is 0 Å². The quantitative estimate of drug-likeness (QED) is 0.642. The molecular formula is C16H18N2O5. The number of amides is 1. The number of aliphatic hydroxyl groups is 1. The van der Waals surface area contributed by atoms with Gasteiger partial charge in [0.2, 0.25) is 0 Å². The highest BCUT2D eigenvalue weighted by molar-refractivity contribution is 6.08. The molecule has 1 atom stereocenters. The van der Waals surface area contributed by atoms with E-state index < -0.39 is 28.4 Å². The Morgan fingerprint density at radius 2 is 1.96 bits per heavy atom. The van der Waals surface area contributed by atoms with Crippen LogP contribution < -0.4 is 0 Å². The molecule has 7 nitrogen and oxygen atoms in total. The monoisotopic (exact) mass is 318 g/mol. The van der Waals surface area contributed by atoms with Crippen LogP contribution in [0.25, 0.3) is 0 Å². The largest absolute Gasteiger partial charge is 0.503 e. The zero-order chi connectivity index (χ0) is 17.1. The molecule has 0 saturated carbocycles. The first kappa shape index (κ1) is 16.7. The topological polar surface area (TPSA) is 101 Å². The van der Waals surface area contributed by atoms with Crippen LogP contribution in [-0.4, -0.2) is 33.2 Å². The first-order valence-electron chi connectivity index (χ1n) is 7.37. The van der Waals surface area contributed by atoms with E-state index in [0.717, 1.165) is 12.8 Å². The van der Waals surface area contributed by atoms with Crippen molar-refractivity contribution in [2.45, 2.75) is 32.7 Å². The van der Waals surface area contributed by atoms with Crippen molar-refractivity contribution in [2.24, 2.45) is 0 Å². The molecule has 0 aromatic heterocycles. The molecule has 0 fully saturated rings. The molecular weight excluding hydrogens is 300 g/mol. The van der Waals surface area contributed by atoms with Crippen molar-refractivity contribution >= 4 is 17.4 Å². The van der Waals surface area contributed by atoms with Crippen LogP contribution >= 0.6 is 0 Å². The number of unbranched alkanes of at least 4 members (excludes halogenated alkanes) is 1. The summed E-state index contributed by atoms with van der Waals surface area (Å²) in [5.41, 5.74) is 0.532. The molecule has 0 saturated heterocycles. The number of nitro benzene ring substituents is 1. The van der Waals surface area contributed by atoms with E-state index in [4.69, 9.17) is 0 Å². The van der Waals surface area contributed by atoms with E-state index in [9.17, 15) is 24.8 Å². The van der Waals surface area contributed by atoms with E-state index in [0.29, 0.717) is 12.1 Å². The van der Waals surface area contributed by atoms with Crippen molar-refractivity contribution in [3.8, 4) is 0 Å². The molecule has 1 aliphatic rings. The van der Waals surface area contributed by atoms with Crippen LogP contribution in [0.15, 0.2) is 35.6 Å². The van der Waals surface area contributed by atoms with Crippen LogP contribution in [0.1, 0.15) is 38.3 Å². The van der Waals surface area contributed by atoms with Crippen molar-refractivity contribution in [1.82, 2.24) is 4.90 Å². The first-order chi connectivity index (χ1) is 10.9. The number of carbonyl (C=O) groups is 2. The molecule has 122 valence electrons. The Bertz CT molecular complexity index is 678. The maximum Gasteiger partial charge on any atom is 0.290 e. The fourth-order valence-corrected chi connectivity index (χ4v) is 2.70. The number of Topliss-reactive ketones (excluding diaryl/α,β-unsaturated/α-hetero) is 1. The molecule has 0 aliphatic carbocycles. The second-order valence-electron chi connectivity index (χ2n) is 5.42.